The van der Waals surface area contributed by atoms with Gasteiger partial charge in [-0.25, -0.2) is 4.39 Å². The fourth-order valence-corrected chi connectivity index (χ4v) is 3.09. The molecule has 0 aliphatic carbocycles. The van der Waals surface area contributed by atoms with Gasteiger partial charge in [-0.05, 0) is 47.1 Å². The molecule has 0 saturated heterocycles. The average molecular weight is 398 g/mol. The third-order valence-corrected chi connectivity index (χ3v) is 4.48. The van der Waals surface area contributed by atoms with E-state index < -0.39 is 12.4 Å². The fraction of sp³-hybridized carbons (Fsp3) is 0.167. The quantitative estimate of drug-likeness (QED) is 0.364. The van der Waals surface area contributed by atoms with Gasteiger partial charge in [-0.3, -0.25) is 0 Å². The Balaban J connectivity index is 2.02. The summed E-state index contributed by atoms with van der Waals surface area (Å²) in [4.78, 5) is 0. The van der Waals surface area contributed by atoms with Crippen molar-refractivity contribution in [2.24, 2.45) is 0 Å². The second-order valence-electron chi connectivity index (χ2n) is 6.46. The smallest absolute Gasteiger partial charge is 0.387 e. The van der Waals surface area contributed by atoms with Crippen molar-refractivity contribution in [2.75, 3.05) is 6.61 Å². The van der Waals surface area contributed by atoms with Crippen molar-refractivity contribution in [2.45, 2.75) is 19.5 Å². The molecule has 0 aliphatic rings. The molecule has 0 fully saturated rings. The van der Waals surface area contributed by atoms with Crippen LogP contribution in [0.3, 0.4) is 0 Å². The van der Waals surface area contributed by atoms with Crippen LogP contribution in [-0.2, 0) is 6.42 Å². The fourth-order valence-electron chi connectivity index (χ4n) is 3.09. The number of benzene rings is 3. The average Bonchev–Trinajstić information content (AvgIpc) is 2.71. The molecule has 3 aromatic carbocycles. The lowest BCUT2D eigenvalue weighted by Gasteiger charge is -2.15. The van der Waals surface area contributed by atoms with Crippen LogP contribution in [0.4, 0.5) is 13.2 Å². The molecule has 3 aromatic rings. The number of alkyl halides is 2. The van der Waals surface area contributed by atoms with E-state index in [1.165, 1.54) is 17.7 Å². The van der Waals surface area contributed by atoms with Crippen LogP contribution in [0.2, 0.25) is 0 Å². The lowest BCUT2D eigenvalue weighted by Crippen LogP contribution is -2.06. The van der Waals surface area contributed by atoms with Crippen LogP contribution in [0.25, 0.3) is 21.9 Å². The Morgan fingerprint density at radius 3 is 2.31 bits per heavy atom. The molecule has 0 aliphatic heterocycles. The third-order valence-electron chi connectivity index (χ3n) is 4.48. The van der Waals surface area contributed by atoms with E-state index in [1.807, 2.05) is 30.3 Å². The van der Waals surface area contributed by atoms with E-state index in [0.717, 1.165) is 24.0 Å². The molecule has 0 atom stereocenters. The van der Waals surface area contributed by atoms with Crippen LogP contribution < -0.4 is 9.47 Å². The molecule has 0 saturated carbocycles. The Morgan fingerprint density at radius 2 is 1.66 bits per heavy atom. The largest absolute Gasteiger partial charge is 0.483 e. The monoisotopic (exact) mass is 398 g/mol. The first-order valence-corrected chi connectivity index (χ1v) is 9.18. The molecule has 0 N–H and O–H groups in total. The summed E-state index contributed by atoms with van der Waals surface area (Å²) in [7, 11) is 0. The Labute approximate surface area is 167 Å². The molecule has 150 valence electrons. The van der Waals surface area contributed by atoms with E-state index in [4.69, 9.17) is 4.74 Å². The van der Waals surface area contributed by atoms with Crippen LogP contribution in [0.15, 0.2) is 73.8 Å². The highest BCUT2D eigenvalue weighted by atomic mass is 19.3. The maximum Gasteiger partial charge on any atom is 0.387 e. The molecule has 0 unspecified atom stereocenters. The Bertz CT molecular complexity index is 1010. The normalized spacial score (nSPS) is 10.9. The highest BCUT2D eigenvalue weighted by molar-refractivity contribution is 5.90. The van der Waals surface area contributed by atoms with Crippen molar-refractivity contribution in [3.63, 3.8) is 0 Å². The molecule has 29 heavy (non-hydrogen) atoms. The van der Waals surface area contributed by atoms with E-state index in [9.17, 15) is 13.2 Å². The summed E-state index contributed by atoms with van der Waals surface area (Å²) in [6.07, 6.45) is 5.09. The Morgan fingerprint density at radius 1 is 0.931 bits per heavy atom. The van der Waals surface area contributed by atoms with Crippen LogP contribution in [-0.4, -0.2) is 13.2 Å². The minimum absolute atomic E-state index is 0.0295. The Kier molecular flexibility index (Phi) is 6.60. The van der Waals surface area contributed by atoms with E-state index in [0.29, 0.717) is 5.39 Å². The topological polar surface area (TPSA) is 18.5 Å². The van der Waals surface area contributed by atoms with E-state index >= 15 is 0 Å². The summed E-state index contributed by atoms with van der Waals surface area (Å²) in [5, 5.41) is 0.703. The second-order valence-corrected chi connectivity index (χ2v) is 6.46. The number of hydrogen-bond acceptors (Lipinski definition) is 2. The van der Waals surface area contributed by atoms with Crippen molar-refractivity contribution < 1.29 is 22.6 Å². The summed E-state index contributed by atoms with van der Waals surface area (Å²) in [6.45, 7) is 4.08. The second kappa shape index (κ2) is 9.32. The predicted octanol–water partition coefficient (Wildman–Crippen LogP) is 6.93. The van der Waals surface area contributed by atoms with E-state index in [-0.39, 0.29) is 23.5 Å². The van der Waals surface area contributed by atoms with Crippen LogP contribution >= 0.6 is 0 Å². The van der Waals surface area contributed by atoms with Gasteiger partial charge in [0, 0.05) is 5.39 Å². The van der Waals surface area contributed by atoms with Gasteiger partial charge in [0.15, 0.2) is 17.3 Å². The molecular formula is C24H21F3O2. The van der Waals surface area contributed by atoms with Crippen LogP contribution in [0.1, 0.15) is 12.0 Å². The number of hydrogen-bond donors (Lipinski definition) is 0. The van der Waals surface area contributed by atoms with E-state index in [1.54, 1.807) is 18.2 Å². The molecular weight excluding hydrogens is 377 g/mol. The molecule has 0 heterocycles. The molecule has 0 bridgehead atoms. The molecule has 0 spiro atoms. The zero-order valence-electron chi connectivity index (χ0n) is 15.8. The first-order chi connectivity index (χ1) is 14.0. The third kappa shape index (κ3) is 4.80. The summed E-state index contributed by atoms with van der Waals surface area (Å²) >= 11 is 0. The summed E-state index contributed by atoms with van der Waals surface area (Å²) in [5.74, 6) is -1.44. The summed E-state index contributed by atoms with van der Waals surface area (Å²) < 4.78 is 50.2. The number of halogens is 3. The zero-order chi connectivity index (χ0) is 20.8. The maximum absolute atomic E-state index is 14.9. The molecule has 3 rings (SSSR count). The van der Waals surface area contributed by atoms with Gasteiger partial charge >= 0.3 is 6.61 Å². The van der Waals surface area contributed by atoms with Crippen molar-refractivity contribution in [3.8, 4) is 22.6 Å². The Hall–Kier alpha value is -3.21. The summed E-state index contributed by atoms with van der Waals surface area (Å²) in [5.41, 5.74) is 2.98. The lowest BCUT2D eigenvalue weighted by atomic mass is 9.99. The maximum atomic E-state index is 14.9. The van der Waals surface area contributed by atoms with E-state index in [2.05, 4.69) is 17.9 Å². The van der Waals surface area contributed by atoms with Gasteiger partial charge in [0.05, 0.1) is 0 Å². The molecule has 0 amide bonds. The molecule has 5 heteroatoms. The van der Waals surface area contributed by atoms with Crippen LogP contribution in [0, 0.1) is 5.82 Å². The molecule has 0 radical (unpaired) electrons. The highest BCUT2D eigenvalue weighted by Gasteiger charge is 2.19. The number of fused-ring (bicyclic) bond motifs is 1. The van der Waals surface area contributed by atoms with Crippen molar-refractivity contribution in [1.82, 2.24) is 0 Å². The van der Waals surface area contributed by atoms with Gasteiger partial charge in [0.2, 0.25) is 0 Å². The minimum Gasteiger partial charge on any atom is -0.483 e. The first kappa shape index (κ1) is 20.5. The lowest BCUT2D eigenvalue weighted by molar-refractivity contribution is -0.0515. The van der Waals surface area contributed by atoms with Gasteiger partial charge in [0.1, 0.15) is 6.61 Å². The minimum atomic E-state index is -3.09. The first-order valence-electron chi connectivity index (χ1n) is 9.18. The van der Waals surface area contributed by atoms with Gasteiger partial charge in [-0.1, -0.05) is 55.1 Å². The molecule has 0 aromatic heterocycles. The van der Waals surface area contributed by atoms with Crippen molar-refractivity contribution in [1.29, 1.82) is 0 Å². The molecule has 2 nitrogen and oxygen atoms in total. The van der Waals surface area contributed by atoms with Gasteiger partial charge in [-0.2, -0.15) is 8.78 Å². The number of rotatable bonds is 9. The van der Waals surface area contributed by atoms with Crippen molar-refractivity contribution >= 4 is 10.8 Å². The number of aryl methyl sites for hydroxylation is 1. The highest BCUT2D eigenvalue weighted by Crippen LogP contribution is 2.38. The summed E-state index contributed by atoms with van der Waals surface area (Å²) in [6, 6.07) is 14.5. The predicted molar refractivity (Wildman–Crippen MR) is 110 cm³/mol. The van der Waals surface area contributed by atoms with Gasteiger partial charge < -0.3 is 9.47 Å². The number of allylic oxidation sites excluding steroid dienone is 1. The SMILES string of the molecule is C=CCCc1ccc(-c2ccc3c(F)c(OCC=C)c(OC(F)F)cc3c2)cc1. The number of ether oxygens (including phenoxy) is 2. The zero-order valence-corrected chi connectivity index (χ0v) is 15.8. The standard InChI is InChI=1S/C24H21F3O2/c1-3-5-6-16-7-9-17(10-8-16)18-11-12-20-19(14-18)15-21(29-24(26)27)23(22(20)25)28-13-4-2/h3-4,7-12,14-15,24H,1-2,5-6,13H2. The van der Waals surface area contributed by atoms with Gasteiger partial charge in [-0.15, -0.1) is 6.58 Å². The van der Waals surface area contributed by atoms with Crippen molar-refractivity contribution in [3.05, 3.63) is 85.2 Å². The van der Waals surface area contributed by atoms with Crippen LogP contribution in [0.5, 0.6) is 11.5 Å². The van der Waals surface area contributed by atoms with Gasteiger partial charge in [0.25, 0.3) is 0 Å².